The number of carbonyl (C=O) groups excluding carboxylic acids is 1. The van der Waals surface area contributed by atoms with Gasteiger partial charge in [-0.3, -0.25) is 4.79 Å². The highest BCUT2D eigenvalue weighted by atomic mass is 16.5. The Hall–Kier alpha value is -3.47. The number of amides is 1. The quantitative estimate of drug-likeness (QED) is 0.557. The van der Waals surface area contributed by atoms with Crippen LogP contribution in [0.1, 0.15) is 28.6 Å². The molecule has 2 aromatic carbocycles. The van der Waals surface area contributed by atoms with E-state index in [-0.39, 0.29) is 5.91 Å². The van der Waals surface area contributed by atoms with Crippen LogP contribution in [0.5, 0.6) is 0 Å². The molecule has 134 valence electrons. The molecule has 1 amide bonds. The van der Waals surface area contributed by atoms with E-state index in [1.165, 1.54) is 5.56 Å². The minimum Gasteiger partial charge on any atom is -0.360 e. The van der Waals surface area contributed by atoms with E-state index in [1.54, 1.807) is 13.0 Å². The highest BCUT2D eigenvalue weighted by Crippen LogP contribution is 2.26. The molecule has 0 fully saturated rings. The van der Waals surface area contributed by atoms with E-state index in [2.05, 4.69) is 29.5 Å². The minimum absolute atomic E-state index is 0.242. The van der Waals surface area contributed by atoms with Gasteiger partial charge in [-0.15, -0.1) is 0 Å². The summed E-state index contributed by atoms with van der Waals surface area (Å²) in [5, 5.41) is 7.43. The maximum absolute atomic E-state index is 12.9. The topological polar surface area (TPSA) is 68.0 Å². The Morgan fingerprint density at radius 2 is 1.85 bits per heavy atom. The number of carbonyl (C=O) groups is 1. The van der Waals surface area contributed by atoms with Crippen molar-refractivity contribution in [2.75, 3.05) is 5.32 Å². The lowest BCUT2D eigenvalue weighted by Crippen LogP contribution is -2.13. The zero-order chi connectivity index (χ0) is 18.8. The Balaban J connectivity index is 1.79. The van der Waals surface area contributed by atoms with Crippen LogP contribution >= 0.6 is 0 Å². The number of fused-ring (bicyclic) bond motifs is 1. The fraction of sp³-hybridized carbons (Fsp3) is 0.136. The Bertz CT molecular complexity index is 1110. The van der Waals surface area contributed by atoms with E-state index in [0.29, 0.717) is 17.1 Å². The number of anilines is 1. The monoisotopic (exact) mass is 357 g/mol. The molecule has 4 rings (SSSR count). The van der Waals surface area contributed by atoms with E-state index in [9.17, 15) is 4.79 Å². The van der Waals surface area contributed by atoms with Gasteiger partial charge < -0.3 is 9.84 Å². The second-order valence-corrected chi connectivity index (χ2v) is 6.40. The molecule has 0 spiro atoms. The van der Waals surface area contributed by atoms with E-state index < -0.39 is 0 Å². The molecule has 5 nitrogen and oxygen atoms in total. The largest absolute Gasteiger partial charge is 0.360 e. The molecular weight excluding hydrogens is 338 g/mol. The number of aryl methyl sites for hydroxylation is 2. The Labute approximate surface area is 157 Å². The first-order valence-electron chi connectivity index (χ1n) is 8.88. The summed E-state index contributed by atoms with van der Waals surface area (Å²) < 4.78 is 5.03. The molecule has 0 aliphatic heterocycles. The standard InChI is InChI=1S/C22H19N3O2/c1-3-15-8-10-16(11-9-15)20-13-18(17-6-4-5-7-19(17)23-20)22(26)24-21-12-14(2)27-25-21/h4-13H,3H2,1-2H3,(H,24,25,26). The van der Waals surface area contributed by atoms with Crippen molar-refractivity contribution >= 4 is 22.6 Å². The van der Waals surface area contributed by atoms with Gasteiger partial charge in [0.05, 0.1) is 16.8 Å². The number of nitrogens with one attached hydrogen (secondary N) is 1. The third kappa shape index (κ3) is 3.44. The number of hydrogen-bond donors (Lipinski definition) is 1. The van der Waals surface area contributed by atoms with Crippen LogP contribution in [0.15, 0.2) is 65.2 Å². The second kappa shape index (κ2) is 7.03. The van der Waals surface area contributed by atoms with Crippen molar-refractivity contribution in [3.05, 3.63) is 77.6 Å². The number of nitrogens with zero attached hydrogens (tertiary/aromatic N) is 2. The van der Waals surface area contributed by atoms with Crippen molar-refractivity contribution in [3.8, 4) is 11.3 Å². The summed E-state index contributed by atoms with van der Waals surface area (Å²) in [7, 11) is 0. The first-order valence-corrected chi connectivity index (χ1v) is 8.88. The molecule has 2 heterocycles. The number of rotatable bonds is 4. The van der Waals surface area contributed by atoms with Crippen molar-refractivity contribution in [1.82, 2.24) is 10.1 Å². The van der Waals surface area contributed by atoms with Gasteiger partial charge in [0.15, 0.2) is 5.82 Å². The molecule has 27 heavy (non-hydrogen) atoms. The maximum atomic E-state index is 12.9. The van der Waals surface area contributed by atoms with Crippen molar-refractivity contribution in [1.29, 1.82) is 0 Å². The van der Waals surface area contributed by atoms with Gasteiger partial charge in [0.2, 0.25) is 0 Å². The van der Waals surface area contributed by atoms with Crippen LogP contribution in [0.3, 0.4) is 0 Å². The summed E-state index contributed by atoms with van der Waals surface area (Å²) in [5.41, 5.74) is 4.33. The van der Waals surface area contributed by atoms with Gasteiger partial charge >= 0.3 is 0 Å². The van der Waals surface area contributed by atoms with Crippen molar-refractivity contribution in [3.63, 3.8) is 0 Å². The summed E-state index contributed by atoms with van der Waals surface area (Å²) in [6.45, 7) is 3.90. The molecule has 0 saturated carbocycles. The van der Waals surface area contributed by atoms with Gasteiger partial charge in [-0.1, -0.05) is 54.5 Å². The van der Waals surface area contributed by atoms with Gasteiger partial charge in [-0.2, -0.15) is 0 Å². The first-order chi connectivity index (χ1) is 13.1. The van der Waals surface area contributed by atoms with Gasteiger partial charge in [0.1, 0.15) is 5.76 Å². The van der Waals surface area contributed by atoms with Crippen LogP contribution in [0, 0.1) is 6.92 Å². The van der Waals surface area contributed by atoms with Gasteiger partial charge in [-0.25, -0.2) is 4.98 Å². The molecule has 0 radical (unpaired) electrons. The van der Waals surface area contributed by atoms with Crippen LogP contribution < -0.4 is 5.32 Å². The molecule has 2 aromatic heterocycles. The van der Waals surface area contributed by atoms with E-state index in [4.69, 9.17) is 9.51 Å². The summed E-state index contributed by atoms with van der Waals surface area (Å²) in [5.74, 6) is 0.794. The summed E-state index contributed by atoms with van der Waals surface area (Å²) in [6.07, 6.45) is 0.982. The first kappa shape index (κ1) is 17.0. The molecular formula is C22H19N3O2. The normalized spacial score (nSPS) is 10.9. The maximum Gasteiger partial charge on any atom is 0.257 e. The second-order valence-electron chi connectivity index (χ2n) is 6.40. The fourth-order valence-electron chi connectivity index (χ4n) is 3.03. The van der Waals surface area contributed by atoms with Crippen LogP contribution in [-0.4, -0.2) is 16.0 Å². The highest BCUT2D eigenvalue weighted by molar-refractivity contribution is 6.12. The zero-order valence-corrected chi connectivity index (χ0v) is 15.2. The summed E-state index contributed by atoms with van der Waals surface area (Å²) >= 11 is 0. The van der Waals surface area contributed by atoms with Crippen LogP contribution in [-0.2, 0) is 6.42 Å². The van der Waals surface area contributed by atoms with Crippen LogP contribution in [0.4, 0.5) is 5.82 Å². The molecule has 0 aliphatic rings. The van der Waals surface area contributed by atoms with Crippen molar-refractivity contribution in [2.24, 2.45) is 0 Å². The molecule has 0 aliphatic carbocycles. The number of para-hydroxylation sites is 1. The lowest BCUT2D eigenvalue weighted by atomic mass is 10.0. The van der Waals surface area contributed by atoms with Crippen LogP contribution in [0.2, 0.25) is 0 Å². The molecule has 0 unspecified atom stereocenters. The highest BCUT2D eigenvalue weighted by Gasteiger charge is 2.15. The van der Waals surface area contributed by atoms with Crippen molar-refractivity contribution in [2.45, 2.75) is 20.3 Å². The minimum atomic E-state index is -0.242. The predicted octanol–water partition coefficient (Wildman–Crippen LogP) is 5.01. The Morgan fingerprint density at radius 3 is 2.56 bits per heavy atom. The van der Waals surface area contributed by atoms with E-state index >= 15 is 0 Å². The summed E-state index contributed by atoms with van der Waals surface area (Å²) in [6, 6.07) is 19.4. The van der Waals surface area contributed by atoms with Crippen LogP contribution in [0.25, 0.3) is 22.2 Å². The zero-order valence-electron chi connectivity index (χ0n) is 15.2. The Kier molecular flexibility index (Phi) is 4.42. The third-order valence-electron chi connectivity index (χ3n) is 4.49. The molecule has 1 N–H and O–H groups in total. The van der Waals surface area contributed by atoms with E-state index in [1.807, 2.05) is 42.5 Å². The lowest BCUT2D eigenvalue weighted by Gasteiger charge is -2.10. The van der Waals surface area contributed by atoms with Crippen molar-refractivity contribution < 1.29 is 9.32 Å². The average molecular weight is 357 g/mol. The van der Waals surface area contributed by atoms with E-state index in [0.717, 1.165) is 28.6 Å². The van der Waals surface area contributed by atoms with Gasteiger partial charge in [0, 0.05) is 17.0 Å². The molecule has 4 aromatic rings. The number of pyridine rings is 1. The molecule has 5 heteroatoms. The summed E-state index contributed by atoms with van der Waals surface area (Å²) in [4.78, 5) is 17.6. The molecule has 0 atom stereocenters. The van der Waals surface area contributed by atoms with Gasteiger partial charge in [0.25, 0.3) is 5.91 Å². The number of hydrogen-bond acceptors (Lipinski definition) is 4. The smallest absolute Gasteiger partial charge is 0.257 e. The predicted molar refractivity (Wildman–Crippen MR) is 106 cm³/mol. The lowest BCUT2D eigenvalue weighted by molar-refractivity contribution is 0.102. The average Bonchev–Trinajstić information content (AvgIpc) is 3.11. The number of benzene rings is 2. The van der Waals surface area contributed by atoms with Gasteiger partial charge in [-0.05, 0) is 31.0 Å². The SMILES string of the molecule is CCc1ccc(-c2cc(C(=O)Nc3cc(C)on3)c3ccccc3n2)cc1. The number of aromatic nitrogens is 2. The Morgan fingerprint density at radius 1 is 1.07 bits per heavy atom. The molecule has 0 bridgehead atoms. The fourth-order valence-corrected chi connectivity index (χ4v) is 3.03. The third-order valence-corrected chi connectivity index (χ3v) is 4.49. The molecule has 0 saturated heterocycles.